The third-order valence-corrected chi connectivity index (χ3v) is 15.9. The summed E-state index contributed by atoms with van der Waals surface area (Å²) in [6, 6.07) is 95.2. The fourth-order valence-electron chi connectivity index (χ4n) is 10.4. The smallest absolute Gasteiger partial charge is 0.155 e. The molecule has 8 aromatic carbocycles. The van der Waals surface area contributed by atoms with E-state index in [-0.39, 0.29) is 114 Å². The molecule has 0 aliphatic heterocycles. The molecule has 12 aromatic rings. The van der Waals surface area contributed by atoms with Crippen molar-refractivity contribution < 1.29 is 90.3 Å². The Morgan fingerprint density at radius 1 is 0.350 bits per heavy atom. The van der Waals surface area contributed by atoms with Crippen LogP contribution in [0.5, 0.6) is 0 Å². The molecule has 4 radical (unpaired) electrons. The van der Waals surface area contributed by atoms with E-state index < -0.39 is 0 Å². The van der Waals surface area contributed by atoms with Crippen LogP contribution < -0.4 is 0 Å². The molecule has 0 spiro atoms. The second-order valence-corrected chi connectivity index (χ2v) is 28.0. The molecular weight excluding hydrogens is 1940 g/mol. The molecule has 0 fully saturated rings. The van der Waals surface area contributed by atoms with E-state index in [4.69, 9.17) is 5.11 Å². The zero-order chi connectivity index (χ0) is 69.0. The number of aryl methyl sites for hydroxylation is 1. The van der Waals surface area contributed by atoms with E-state index in [1.165, 1.54) is 92.2 Å². The van der Waals surface area contributed by atoms with Gasteiger partial charge in [0.2, 0.25) is 0 Å². The summed E-state index contributed by atoms with van der Waals surface area (Å²) in [6.45, 7) is 31.7. The van der Waals surface area contributed by atoms with Gasteiger partial charge in [0.1, 0.15) is 0 Å². The minimum Gasteiger partial charge on any atom is -0.512 e. The van der Waals surface area contributed by atoms with Crippen LogP contribution in [0.25, 0.3) is 89.5 Å². The second-order valence-electron chi connectivity index (χ2n) is 28.0. The molecule has 6 nitrogen and oxygen atoms in total. The first-order valence-electron chi connectivity index (χ1n) is 32.7. The minimum absolute atomic E-state index is 0. The van der Waals surface area contributed by atoms with Gasteiger partial charge in [0, 0.05) is 111 Å². The molecular formula is C90H90Ir4N4O2-4. The van der Waals surface area contributed by atoms with Crippen LogP contribution in [0.4, 0.5) is 0 Å². The molecule has 10 heteroatoms. The summed E-state index contributed by atoms with van der Waals surface area (Å²) in [6.07, 6.45) is 8.65. The number of allylic oxidation sites excluding steroid dienone is 2. The molecule has 1 N–H and O–H groups in total. The van der Waals surface area contributed by atoms with Crippen molar-refractivity contribution in [3.63, 3.8) is 0 Å². The Hall–Kier alpha value is -7.83. The van der Waals surface area contributed by atoms with Gasteiger partial charge < -0.3 is 25.0 Å². The monoisotopic (exact) mass is 2030 g/mol. The van der Waals surface area contributed by atoms with Crippen LogP contribution in [0.3, 0.4) is 0 Å². The Kier molecular flexibility index (Phi) is 33.3. The first-order valence-corrected chi connectivity index (χ1v) is 32.7. The van der Waals surface area contributed by atoms with E-state index in [0.29, 0.717) is 0 Å². The molecule has 522 valence electrons. The van der Waals surface area contributed by atoms with Crippen LogP contribution in [0.2, 0.25) is 0 Å². The van der Waals surface area contributed by atoms with Gasteiger partial charge in [-0.05, 0) is 105 Å². The third-order valence-electron chi connectivity index (χ3n) is 15.9. The molecule has 0 saturated heterocycles. The predicted octanol–water partition coefficient (Wildman–Crippen LogP) is 23.4. The van der Waals surface area contributed by atoms with Crippen LogP contribution >= 0.6 is 0 Å². The van der Waals surface area contributed by atoms with Crippen LogP contribution in [-0.4, -0.2) is 30.8 Å². The minimum atomic E-state index is -0.125. The number of benzene rings is 8. The number of pyridine rings is 4. The number of nitrogens with zero attached hydrogens (tertiary/aromatic N) is 4. The molecule has 0 saturated carbocycles. The van der Waals surface area contributed by atoms with E-state index in [1.807, 2.05) is 92.4 Å². The van der Waals surface area contributed by atoms with Crippen LogP contribution in [-0.2, 0) is 107 Å². The van der Waals surface area contributed by atoms with Gasteiger partial charge >= 0.3 is 0 Å². The van der Waals surface area contributed by atoms with Gasteiger partial charge in [0.05, 0.1) is 5.76 Å². The van der Waals surface area contributed by atoms with Gasteiger partial charge in [-0.15, -0.1) is 119 Å². The van der Waals surface area contributed by atoms with Gasteiger partial charge in [0.25, 0.3) is 0 Å². The van der Waals surface area contributed by atoms with E-state index in [1.54, 1.807) is 0 Å². The molecule has 4 heterocycles. The fraction of sp³-hybridized carbons (Fsp3) is 0.211. The quantitative estimate of drug-likeness (QED) is 0.0880. The number of ketones is 1. The Morgan fingerprint density at radius 2 is 0.730 bits per heavy atom. The second kappa shape index (κ2) is 39.4. The average molecular weight is 2030 g/mol. The molecule has 4 aromatic heterocycles. The summed E-state index contributed by atoms with van der Waals surface area (Å²) in [7, 11) is 0. The Balaban J connectivity index is 0.000000270. The number of carbonyl (C=O) groups is 1. The molecule has 0 aliphatic carbocycles. The molecule has 12 rings (SSSR count). The Bertz CT molecular complexity index is 4420. The number of rotatable bonds is 9. The van der Waals surface area contributed by atoms with Crippen molar-refractivity contribution in [3.8, 4) is 89.5 Å². The van der Waals surface area contributed by atoms with Crippen LogP contribution in [0.1, 0.15) is 125 Å². The number of hydrogen-bond donors (Lipinski definition) is 1. The predicted molar refractivity (Wildman–Crippen MR) is 402 cm³/mol. The average Bonchev–Trinajstić information content (AvgIpc) is 0.812. The van der Waals surface area contributed by atoms with Crippen LogP contribution in [0.15, 0.2) is 273 Å². The maximum atomic E-state index is 10.0. The number of aromatic nitrogens is 4. The van der Waals surface area contributed by atoms with Gasteiger partial charge in [0.15, 0.2) is 5.78 Å². The number of aliphatic hydroxyl groups is 1. The number of aliphatic hydroxyl groups excluding tert-OH is 1. The van der Waals surface area contributed by atoms with E-state index in [9.17, 15) is 4.79 Å². The molecule has 100 heavy (non-hydrogen) atoms. The standard InChI is InChI=1S/C22H22N.3C21H20N.C5H8O2.4Ir/c1-16-8-13-21(23-15-16)18-11-9-17(10-12-18)19-6-5-7-20(14-19)22(2,3)4;1-21(2,3)19-8-6-7-18(15-19)16-10-12-17(13-11-16)20-9-4-5-14-22-20;1-21(2,3)19-9-5-4-8-18(19)16-11-13-17(14-12-16)20-10-6-7-15-22-20;1-21(2,3)19-13-14-20(22-15-19)18-11-9-17(10-12-18)16-7-5-4-6-8-16;1-4(6)3-5(2)7;;;;/h5-11,13-15H,1-4H3;4-12,14-15H,1-3H3;4-13,15H,1-3H3;4-11,13-15H,1-3H3;3,6H,1-2H3;;;;/q4*-1;;;;;. The van der Waals surface area contributed by atoms with Crippen molar-refractivity contribution in [3.05, 3.63) is 325 Å². The largest absolute Gasteiger partial charge is 0.512 e. The summed E-state index contributed by atoms with van der Waals surface area (Å²) in [5.74, 6) is -0.0625. The zero-order valence-electron chi connectivity index (χ0n) is 59.9. The summed E-state index contributed by atoms with van der Waals surface area (Å²) in [5, 5.41) is 8.36. The maximum absolute atomic E-state index is 10.0. The van der Waals surface area contributed by atoms with Crippen LogP contribution in [0, 0.1) is 31.2 Å². The number of hydrogen-bond acceptors (Lipinski definition) is 6. The van der Waals surface area contributed by atoms with Crippen molar-refractivity contribution >= 4 is 5.78 Å². The number of carbonyl (C=O) groups excluding carboxylic acids is 1. The van der Waals surface area contributed by atoms with E-state index in [2.05, 4.69) is 303 Å². The summed E-state index contributed by atoms with van der Waals surface area (Å²) >= 11 is 0. The van der Waals surface area contributed by atoms with E-state index >= 15 is 0 Å². The molecule has 0 bridgehead atoms. The molecule has 0 unspecified atom stereocenters. The summed E-state index contributed by atoms with van der Waals surface area (Å²) in [4.78, 5) is 27.8. The Morgan fingerprint density at radius 3 is 1.07 bits per heavy atom. The van der Waals surface area contributed by atoms with Crippen molar-refractivity contribution in [1.82, 2.24) is 19.9 Å². The molecule has 0 atom stereocenters. The fourth-order valence-corrected chi connectivity index (χ4v) is 10.4. The van der Waals surface area contributed by atoms with Gasteiger partial charge in [-0.2, -0.15) is 0 Å². The third kappa shape index (κ3) is 25.7. The van der Waals surface area contributed by atoms with Gasteiger partial charge in [-0.1, -0.05) is 279 Å². The normalized spacial score (nSPS) is 11.0. The first kappa shape index (κ1) is 84.6. The van der Waals surface area contributed by atoms with Gasteiger partial charge in [-0.3, -0.25) is 4.79 Å². The SMILES string of the molecule is CC(=O)C=C(C)O.CC(C)(C)c1ccc(-c2[c-]cc(-c3ccccc3)cc2)nc1.CC(C)(C)c1cccc(-c2c[c-]c(-c3ccccn3)cc2)c1.CC(C)(C)c1ccccc1-c1c[c-]c(-c2ccccn2)cc1.Cc1ccc(-c2[c-]cc(-c3cccc(C(C)(C)C)c3)cc2)nc1.[Ir].[Ir].[Ir].[Ir]. The zero-order valence-corrected chi connectivity index (χ0v) is 69.5. The van der Waals surface area contributed by atoms with Crippen molar-refractivity contribution in [1.29, 1.82) is 0 Å². The Labute approximate surface area is 650 Å². The molecule has 0 amide bonds. The van der Waals surface area contributed by atoms with E-state index in [0.717, 1.165) is 45.0 Å². The first-order chi connectivity index (χ1) is 45.7. The molecule has 0 aliphatic rings. The van der Waals surface area contributed by atoms with Gasteiger partial charge in [-0.25, -0.2) is 0 Å². The maximum Gasteiger partial charge on any atom is 0.155 e. The van der Waals surface area contributed by atoms with Crippen molar-refractivity contribution in [2.45, 2.75) is 126 Å². The summed E-state index contributed by atoms with van der Waals surface area (Å²) in [5.41, 5.74) is 24.7. The van der Waals surface area contributed by atoms with Crippen molar-refractivity contribution in [2.24, 2.45) is 0 Å². The summed E-state index contributed by atoms with van der Waals surface area (Å²) < 4.78 is 0. The topological polar surface area (TPSA) is 88.9 Å². The van der Waals surface area contributed by atoms with Crippen molar-refractivity contribution in [2.75, 3.05) is 0 Å².